The molecule has 0 saturated carbocycles. The summed E-state index contributed by atoms with van der Waals surface area (Å²) in [6, 6.07) is 5.97. The normalized spacial score (nSPS) is 16.1. The van der Waals surface area contributed by atoms with Gasteiger partial charge in [-0.15, -0.1) is 10.2 Å². The van der Waals surface area contributed by atoms with Gasteiger partial charge in [0.15, 0.2) is 11.5 Å². The average molecular weight is 420 g/mol. The molecule has 0 aliphatic carbocycles. The van der Waals surface area contributed by atoms with E-state index in [1.54, 1.807) is 0 Å². The van der Waals surface area contributed by atoms with Gasteiger partial charge in [0.05, 0.1) is 30.8 Å². The van der Waals surface area contributed by atoms with E-state index in [4.69, 9.17) is 10.00 Å². The molecule has 160 valence electrons. The van der Waals surface area contributed by atoms with Crippen molar-refractivity contribution >= 4 is 17.3 Å². The Labute approximate surface area is 179 Å². The number of nitriles is 1. The highest BCUT2D eigenvalue weighted by molar-refractivity contribution is 5.74. The van der Waals surface area contributed by atoms with E-state index in [0.29, 0.717) is 30.5 Å². The molecule has 0 spiro atoms. The molecule has 4 heterocycles. The van der Waals surface area contributed by atoms with Crippen LogP contribution in [0, 0.1) is 11.3 Å². The van der Waals surface area contributed by atoms with Crippen molar-refractivity contribution in [3.63, 3.8) is 0 Å². The number of hydrogen-bond donors (Lipinski definition) is 3. The molecular formula is C20H24N10O. The van der Waals surface area contributed by atoms with Gasteiger partial charge in [0.25, 0.3) is 0 Å². The van der Waals surface area contributed by atoms with Crippen molar-refractivity contribution in [2.24, 2.45) is 0 Å². The van der Waals surface area contributed by atoms with E-state index < -0.39 is 0 Å². The summed E-state index contributed by atoms with van der Waals surface area (Å²) in [6.45, 7) is 7.10. The Morgan fingerprint density at radius 1 is 1.29 bits per heavy atom. The van der Waals surface area contributed by atoms with E-state index in [9.17, 15) is 0 Å². The molecule has 0 unspecified atom stereocenters. The summed E-state index contributed by atoms with van der Waals surface area (Å²) in [5, 5.41) is 32.0. The summed E-state index contributed by atoms with van der Waals surface area (Å²) >= 11 is 0. The molecule has 0 bridgehead atoms. The molecule has 31 heavy (non-hydrogen) atoms. The molecule has 1 aliphatic rings. The summed E-state index contributed by atoms with van der Waals surface area (Å²) in [5.41, 5.74) is 2.41. The number of anilines is 3. The molecular weight excluding hydrogens is 396 g/mol. The number of morpholine rings is 1. The van der Waals surface area contributed by atoms with Gasteiger partial charge in [0.1, 0.15) is 23.3 Å². The van der Waals surface area contributed by atoms with E-state index >= 15 is 0 Å². The van der Waals surface area contributed by atoms with Crippen molar-refractivity contribution in [3.8, 4) is 17.5 Å². The fourth-order valence-electron chi connectivity index (χ4n) is 3.08. The maximum absolute atomic E-state index is 8.87. The fraction of sp³-hybridized carbons (Fsp3) is 0.400. The average Bonchev–Trinajstić information content (AvgIpc) is 3.29. The number of nitrogens with one attached hydrogen (secondary N) is 3. The van der Waals surface area contributed by atoms with Crippen molar-refractivity contribution < 1.29 is 4.74 Å². The molecule has 0 aromatic carbocycles. The van der Waals surface area contributed by atoms with Gasteiger partial charge in [-0.05, 0) is 19.9 Å². The lowest BCUT2D eigenvalue weighted by Gasteiger charge is -2.24. The van der Waals surface area contributed by atoms with Gasteiger partial charge in [-0.1, -0.05) is 0 Å². The van der Waals surface area contributed by atoms with Crippen molar-refractivity contribution in [3.05, 3.63) is 36.4 Å². The van der Waals surface area contributed by atoms with Crippen LogP contribution in [0.25, 0.3) is 11.4 Å². The number of ether oxygens (including phenoxy) is 1. The Bertz CT molecular complexity index is 1050. The third-order valence-electron chi connectivity index (χ3n) is 4.72. The van der Waals surface area contributed by atoms with Crippen LogP contribution in [0.3, 0.4) is 0 Å². The van der Waals surface area contributed by atoms with E-state index in [2.05, 4.69) is 55.1 Å². The summed E-state index contributed by atoms with van der Waals surface area (Å²) in [7, 11) is 0. The Morgan fingerprint density at radius 3 is 2.87 bits per heavy atom. The van der Waals surface area contributed by atoms with Crippen molar-refractivity contribution in [1.82, 2.24) is 35.3 Å². The molecule has 11 nitrogen and oxygen atoms in total. The Morgan fingerprint density at radius 2 is 2.19 bits per heavy atom. The third kappa shape index (κ3) is 5.11. The Hall–Kier alpha value is -3.62. The second-order valence-corrected chi connectivity index (χ2v) is 7.37. The minimum Gasteiger partial charge on any atom is -0.380 e. The van der Waals surface area contributed by atoms with Gasteiger partial charge in [0, 0.05) is 37.9 Å². The predicted molar refractivity (Wildman–Crippen MR) is 115 cm³/mol. The third-order valence-corrected chi connectivity index (χ3v) is 4.72. The Balaban J connectivity index is 1.58. The van der Waals surface area contributed by atoms with Crippen LogP contribution in [0.4, 0.5) is 17.3 Å². The van der Waals surface area contributed by atoms with Crippen LogP contribution in [0.5, 0.6) is 0 Å². The molecule has 1 atom stereocenters. The lowest BCUT2D eigenvalue weighted by Crippen LogP contribution is -2.42. The van der Waals surface area contributed by atoms with E-state index in [-0.39, 0.29) is 17.8 Å². The molecule has 3 aromatic rings. The smallest absolute Gasteiger partial charge is 0.158 e. The zero-order valence-corrected chi connectivity index (χ0v) is 17.4. The highest BCUT2D eigenvalue weighted by atomic mass is 16.5. The van der Waals surface area contributed by atoms with Crippen LogP contribution < -0.4 is 16.0 Å². The topological polar surface area (TPSA) is 138 Å². The van der Waals surface area contributed by atoms with Crippen LogP contribution in [0.15, 0.2) is 30.7 Å². The first-order chi connectivity index (χ1) is 15.1. The van der Waals surface area contributed by atoms with Crippen molar-refractivity contribution in [2.75, 3.05) is 36.9 Å². The summed E-state index contributed by atoms with van der Waals surface area (Å²) in [5.74, 6) is 0.965. The van der Waals surface area contributed by atoms with E-state index in [1.807, 2.05) is 29.1 Å². The lowest BCUT2D eigenvalue weighted by molar-refractivity contribution is 0.0372. The number of hydrogen-bond acceptors (Lipinski definition) is 10. The molecule has 4 rings (SSSR count). The molecule has 1 saturated heterocycles. The van der Waals surface area contributed by atoms with Crippen LogP contribution >= 0.6 is 0 Å². The fourth-order valence-corrected chi connectivity index (χ4v) is 3.08. The van der Waals surface area contributed by atoms with E-state index in [0.717, 1.165) is 24.5 Å². The zero-order chi connectivity index (χ0) is 21.6. The van der Waals surface area contributed by atoms with Gasteiger partial charge < -0.3 is 20.7 Å². The largest absolute Gasteiger partial charge is 0.380 e. The summed E-state index contributed by atoms with van der Waals surface area (Å²) in [4.78, 5) is 8.18. The minimum atomic E-state index is 0.0591. The van der Waals surface area contributed by atoms with Gasteiger partial charge in [0.2, 0.25) is 0 Å². The Kier molecular flexibility index (Phi) is 6.30. The SMILES string of the molecule is CC(C)n1ccc(-c2nnc(Nc3cnc(C#N)cn3)cc2NC[C@H]2CNCCO2)n1. The molecule has 1 fully saturated rings. The minimum absolute atomic E-state index is 0.0591. The van der Waals surface area contributed by atoms with Crippen LogP contribution in [-0.2, 0) is 4.74 Å². The number of nitrogens with zero attached hydrogens (tertiary/aromatic N) is 7. The molecule has 0 radical (unpaired) electrons. The van der Waals surface area contributed by atoms with Gasteiger partial charge in [-0.25, -0.2) is 9.97 Å². The quantitative estimate of drug-likeness (QED) is 0.518. The summed E-state index contributed by atoms with van der Waals surface area (Å²) in [6.07, 6.45) is 4.87. The van der Waals surface area contributed by atoms with E-state index in [1.165, 1.54) is 12.4 Å². The maximum atomic E-state index is 8.87. The molecule has 3 N–H and O–H groups in total. The lowest BCUT2D eigenvalue weighted by atomic mass is 10.2. The molecule has 0 amide bonds. The first-order valence-electron chi connectivity index (χ1n) is 10.1. The van der Waals surface area contributed by atoms with Crippen molar-refractivity contribution in [1.29, 1.82) is 5.26 Å². The van der Waals surface area contributed by atoms with Gasteiger partial charge >= 0.3 is 0 Å². The molecule has 1 aliphatic heterocycles. The first-order valence-corrected chi connectivity index (χ1v) is 10.1. The zero-order valence-electron chi connectivity index (χ0n) is 17.4. The summed E-state index contributed by atoms with van der Waals surface area (Å²) < 4.78 is 7.67. The maximum Gasteiger partial charge on any atom is 0.158 e. The highest BCUT2D eigenvalue weighted by Crippen LogP contribution is 2.27. The monoisotopic (exact) mass is 420 g/mol. The standard InChI is InChI=1S/C20H24N10O/c1-13(2)30-5-3-16(29-30)20-17(24-11-15-10-22-4-6-31-15)7-18(27-28-20)26-19-12-23-14(8-21)9-25-19/h3,5,7,9,12-13,15,22H,4,6,10-11H2,1-2H3,(H2,24,25,26,27)/t15-/m1/s1. The van der Waals surface area contributed by atoms with Crippen LogP contribution in [0.1, 0.15) is 25.6 Å². The number of rotatable bonds is 7. The van der Waals surface area contributed by atoms with Crippen molar-refractivity contribution in [2.45, 2.75) is 26.0 Å². The second-order valence-electron chi connectivity index (χ2n) is 7.37. The first kappa shape index (κ1) is 20.6. The molecule has 11 heteroatoms. The second kappa shape index (κ2) is 9.46. The van der Waals surface area contributed by atoms with Crippen LogP contribution in [0.2, 0.25) is 0 Å². The predicted octanol–water partition coefficient (Wildman–Crippen LogP) is 1.73. The van der Waals surface area contributed by atoms with Crippen LogP contribution in [-0.4, -0.2) is 62.3 Å². The molecule has 3 aromatic heterocycles. The van der Waals surface area contributed by atoms with Gasteiger partial charge in [-0.3, -0.25) is 4.68 Å². The van der Waals surface area contributed by atoms with Gasteiger partial charge in [-0.2, -0.15) is 10.4 Å². The highest BCUT2D eigenvalue weighted by Gasteiger charge is 2.17. The number of aromatic nitrogens is 6.